The van der Waals surface area contributed by atoms with E-state index in [1.807, 2.05) is 27.7 Å². The predicted molar refractivity (Wildman–Crippen MR) is 78.6 cm³/mol. The van der Waals surface area contributed by atoms with Gasteiger partial charge in [0.1, 0.15) is 6.10 Å². The fourth-order valence-electron chi connectivity index (χ4n) is 2.28. The third kappa shape index (κ3) is 5.73. The molecule has 1 aliphatic heterocycles. The molecule has 0 saturated carbocycles. The second kappa shape index (κ2) is 7.91. The van der Waals surface area contributed by atoms with E-state index < -0.39 is 0 Å². The fraction of sp³-hybridized carbons (Fsp3) is 0.812. The van der Waals surface area contributed by atoms with Gasteiger partial charge in [0.2, 0.25) is 0 Å². The van der Waals surface area contributed by atoms with Gasteiger partial charge >= 0.3 is 0 Å². The van der Waals surface area contributed by atoms with Crippen LogP contribution in [0.4, 0.5) is 0 Å². The van der Waals surface area contributed by atoms with E-state index in [-0.39, 0.29) is 30.0 Å². The van der Waals surface area contributed by atoms with Crippen LogP contribution in [0.25, 0.3) is 0 Å². The van der Waals surface area contributed by atoms with Crippen molar-refractivity contribution in [3.8, 4) is 0 Å². The summed E-state index contributed by atoms with van der Waals surface area (Å²) in [7, 11) is 0. The van der Waals surface area contributed by atoms with Gasteiger partial charge in [-0.1, -0.05) is 12.5 Å². The van der Waals surface area contributed by atoms with Crippen molar-refractivity contribution in [2.75, 3.05) is 19.8 Å². The maximum absolute atomic E-state index is 11.8. The zero-order valence-electron chi connectivity index (χ0n) is 13.1. The number of ether oxygens (including phenoxy) is 2. The Hall–Kier alpha value is -0.710. The summed E-state index contributed by atoms with van der Waals surface area (Å²) in [4.78, 5) is 11.8. The summed E-state index contributed by atoms with van der Waals surface area (Å²) in [5.41, 5.74) is 0.762. The number of rotatable bonds is 7. The van der Waals surface area contributed by atoms with Gasteiger partial charge in [0.25, 0.3) is 0 Å². The van der Waals surface area contributed by atoms with Crippen LogP contribution in [-0.4, -0.2) is 42.4 Å². The summed E-state index contributed by atoms with van der Waals surface area (Å²) >= 11 is 0. The van der Waals surface area contributed by atoms with Crippen LogP contribution in [0.2, 0.25) is 0 Å². The summed E-state index contributed by atoms with van der Waals surface area (Å²) in [5, 5.41) is 9.00. The molecular weight excluding hydrogens is 256 g/mol. The molecule has 4 heteroatoms. The first-order chi connectivity index (χ1) is 9.36. The summed E-state index contributed by atoms with van der Waals surface area (Å²) in [6, 6.07) is 0. The van der Waals surface area contributed by atoms with E-state index in [1.54, 1.807) is 6.08 Å². The van der Waals surface area contributed by atoms with E-state index in [2.05, 4.69) is 0 Å². The lowest BCUT2D eigenvalue weighted by Gasteiger charge is -2.37. The van der Waals surface area contributed by atoms with Crippen LogP contribution < -0.4 is 0 Å². The van der Waals surface area contributed by atoms with E-state index >= 15 is 0 Å². The SMILES string of the molecule is CC(C)=CC(=O)C(C)CCCC1(C)COC(CO)CO1. The number of carbonyl (C=O) groups excluding carboxylic acids is 1. The molecule has 0 aromatic carbocycles. The fourth-order valence-corrected chi connectivity index (χ4v) is 2.28. The second-order valence-electron chi connectivity index (χ2n) is 6.29. The van der Waals surface area contributed by atoms with Crippen LogP contribution in [0.3, 0.4) is 0 Å². The smallest absolute Gasteiger partial charge is 0.158 e. The highest BCUT2D eigenvalue weighted by molar-refractivity contribution is 5.91. The van der Waals surface area contributed by atoms with Gasteiger partial charge in [-0.05, 0) is 46.1 Å². The Labute approximate surface area is 122 Å². The average Bonchev–Trinajstić information content (AvgIpc) is 2.38. The van der Waals surface area contributed by atoms with Crippen LogP contribution in [0.5, 0.6) is 0 Å². The number of hydrogen-bond donors (Lipinski definition) is 1. The van der Waals surface area contributed by atoms with E-state index in [0.717, 1.165) is 24.8 Å². The van der Waals surface area contributed by atoms with Gasteiger partial charge < -0.3 is 14.6 Å². The number of aliphatic hydroxyl groups excluding tert-OH is 1. The molecular formula is C16H28O4. The summed E-state index contributed by atoms with van der Waals surface area (Å²) in [6.45, 7) is 8.85. The van der Waals surface area contributed by atoms with Crippen molar-refractivity contribution in [3.63, 3.8) is 0 Å². The first-order valence-corrected chi connectivity index (χ1v) is 7.41. The molecule has 1 saturated heterocycles. The van der Waals surface area contributed by atoms with Gasteiger partial charge in [-0.2, -0.15) is 0 Å². The topological polar surface area (TPSA) is 55.8 Å². The van der Waals surface area contributed by atoms with Crippen molar-refractivity contribution >= 4 is 5.78 Å². The number of ketones is 1. The monoisotopic (exact) mass is 284 g/mol. The van der Waals surface area contributed by atoms with Crippen molar-refractivity contribution in [2.45, 2.75) is 58.7 Å². The minimum absolute atomic E-state index is 0.00429. The Kier molecular flexibility index (Phi) is 6.86. The van der Waals surface area contributed by atoms with Crippen LogP contribution in [0, 0.1) is 5.92 Å². The van der Waals surface area contributed by atoms with E-state index in [4.69, 9.17) is 14.6 Å². The zero-order chi connectivity index (χ0) is 15.2. The molecule has 0 aromatic heterocycles. The third-order valence-electron chi connectivity index (χ3n) is 3.71. The molecule has 116 valence electrons. The van der Waals surface area contributed by atoms with Gasteiger partial charge in [0.15, 0.2) is 5.78 Å². The quantitative estimate of drug-likeness (QED) is 0.730. The van der Waals surface area contributed by atoms with Crippen molar-refractivity contribution in [3.05, 3.63) is 11.6 Å². The minimum atomic E-state index is -0.287. The average molecular weight is 284 g/mol. The second-order valence-corrected chi connectivity index (χ2v) is 6.29. The Morgan fingerprint density at radius 3 is 2.70 bits per heavy atom. The Balaban J connectivity index is 2.30. The highest BCUT2D eigenvalue weighted by Crippen LogP contribution is 2.25. The normalized spacial score (nSPS) is 27.9. The molecule has 0 radical (unpaired) electrons. The Morgan fingerprint density at radius 2 is 2.20 bits per heavy atom. The van der Waals surface area contributed by atoms with Crippen LogP contribution >= 0.6 is 0 Å². The molecule has 0 aliphatic carbocycles. The minimum Gasteiger partial charge on any atom is -0.394 e. The standard InChI is InChI=1S/C16H28O4/c1-12(2)8-15(18)13(3)6-5-7-16(4)11-19-14(9-17)10-20-16/h8,13-14,17H,5-7,9-11H2,1-4H3. The van der Waals surface area contributed by atoms with Crippen LogP contribution in [-0.2, 0) is 14.3 Å². The maximum atomic E-state index is 11.8. The number of allylic oxidation sites excluding steroid dienone is 2. The van der Waals surface area contributed by atoms with Crippen LogP contribution in [0.15, 0.2) is 11.6 Å². The molecule has 0 spiro atoms. The number of hydrogen-bond acceptors (Lipinski definition) is 4. The molecule has 0 aromatic rings. The van der Waals surface area contributed by atoms with Gasteiger partial charge in [0, 0.05) is 5.92 Å². The van der Waals surface area contributed by atoms with E-state index in [9.17, 15) is 4.79 Å². The lowest BCUT2D eigenvalue weighted by molar-refractivity contribution is -0.193. The largest absolute Gasteiger partial charge is 0.394 e. The van der Waals surface area contributed by atoms with Crippen molar-refractivity contribution < 1.29 is 19.4 Å². The summed E-state index contributed by atoms with van der Waals surface area (Å²) < 4.78 is 11.3. The summed E-state index contributed by atoms with van der Waals surface area (Å²) in [5.74, 6) is 0.263. The molecule has 4 nitrogen and oxygen atoms in total. The molecule has 1 N–H and O–H groups in total. The Morgan fingerprint density at radius 1 is 1.50 bits per heavy atom. The third-order valence-corrected chi connectivity index (χ3v) is 3.71. The summed E-state index contributed by atoms with van der Waals surface area (Å²) in [6.07, 6.45) is 4.20. The van der Waals surface area contributed by atoms with E-state index in [0.29, 0.717) is 13.2 Å². The molecule has 20 heavy (non-hydrogen) atoms. The van der Waals surface area contributed by atoms with Gasteiger partial charge in [-0.15, -0.1) is 0 Å². The van der Waals surface area contributed by atoms with E-state index in [1.165, 1.54) is 0 Å². The molecule has 0 amide bonds. The molecule has 1 fully saturated rings. The van der Waals surface area contributed by atoms with Gasteiger partial charge in [0.05, 0.1) is 25.4 Å². The molecule has 3 unspecified atom stereocenters. The van der Waals surface area contributed by atoms with Crippen molar-refractivity contribution in [1.29, 1.82) is 0 Å². The van der Waals surface area contributed by atoms with Crippen molar-refractivity contribution in [1.82, 2.24) is 0 Å². The number of aliphatic hydroxyl groups is 1. The molecule has 1 heterocycles. The molecule has 3 atom stereocenters. The number of carbonyl (C=O) groups is 1. The van der Waals surface area contributed by atoms with Crippen molar-refractivity contribution in [2.24, 2.45) is 5.92 Å². The molecule has 1 aliphatic rings. The first kappa shape index (κ1) is 17.3. The molecule has 0 bridgehead atoms. The zero-order valence-corrected chi connectivity index (χ0v) is 13.1. The van der Waals surface area contributed by atoms with Gasteiger partial charge in [-0.25, -0.2) is 0 Å². The van der Waals surface area contributed by atoms with Gasteiger partial charge in [-0.3, -0.25) is 4.79 Å². The first-order valence-electron chi connectivity index (χ1n) is 7.41. The lowest BCUT2D eigenvalue weighted by Crippen LogP contribution is -2.45. The maximum Gasteiger partial charge on any atom is 0.158 e. The highest BCUT2D eigenvalue weighted by Gasteiger charge is 2.32. The predicted octanol–water partition coefficient (Wildman–Crippen LogP) is 2.49. The lowest BCUT2D eigenvalue weighted by atomic mass is 9.92. The Bertz CT molecular complexity index is 336. The van der Waals surface area contributed by atoms with Crippen LogP contribution in [0.1, 0.15) is 47.0 Å². The molecule has 1 rings (SSSR count). The highest BCUT2D eigenvalue weighted by atomic mass is 16.6.